The van der Waals surface area contributed by atoms with E-state index >= 15 is 0 Å². The Kier molecular flexibility index (Phi) is 4.58. The highest BCUT2D eigenvalue weighted by Crippen LogP contribution is 2.18. The van der Waals surface area contributed by atoms with E-state index in [9.17, 15) is 4.79 Å². The second-order valence-electron chi connectivity index (χ2n) is 3.64. The molecule has 0 aromatic heterocycles. The predicted molar refractivity (Wildman–Crippen MR) is 68.8 cm³/mol. The molecule has 3 N–H and O–H groups in total. The van der Waals surface area contributed by atoms with Gasteiger partial charge in [-0.25, -0.2) is 0 Å². The van der Waals surface area contributed by atoms with Crippen molar-refractivity contribution in [3.63, 3.8) is 0 Å². The monoisotopic (exact) mass is 218 g/mol. The van der Waals surface area contributed by atoms with Crippen LogP contribution < -0.4 is 11.1 Å². The van der Waals surface area contributed by atoms with E-state index in [1.54, 1.807) is 12.1 Å². The summed E-state index contributed by atoms with van der Waals surface area (Å²) >= 11 is 0. The zero-order valence-electron chi connectivity index (χ0n) is 9.79. The van der Waals surface area contributed by atoms with Gasteiger partial charge in [0, 0.05) is 23.5 Å². The molecule has 0 atom stereocenters. The number of hydrogen-bond acceptors (Lipinski definition) is 3. The molecule has 0 saturated carbocycles. The Morgan fingerprint density at radius 1 is 1.50 bits per heavy atom. The number of hydrogen-bond donors (Lipinski definition) is 2. The first kappa shape index (κ1) is 12.3. The van der Waals surface area contributed by atoms with Gasteiger partial charge in [-0.2, -0.15) is 0 Å². The summed E-state index contributed by atoms with van der Waals surface area (Å²) in [6.07, 6.45) is 5.10. The van der Waals surface area contributed by atoms with Gasteiger partial charge in [-0.3, -0.25) is 4.79 Å². The molecule has 0 heterocycles. The minimum absolute atomic E-state index is 0.00188. The number of ketones is 1. The smallest absolute Gasteiger partial charge is 0.161 e. The van der Waals surface area contributed by atoms with Crippen molar-refractivity contribution in [2.75, 3.05) is 17.6 Å². The highest BCUT2D eigenvalue weighted by atomic mass is 16.1. The van der Waals surface area contributed by atoms with Crippen molar-refractivity contribution in [2.24, 2.45) is 0 Å². The second kappa shape index (κ2) is 5.95. The lowest BCUT2D eigenvalue weighted by Gasteiger charge is -2.07. The van der Waals surface area contributed by atoms with E-state index in [-0.39, 0.29) is 5.78 Å². The van der Waals surface area contributed by atoms with Crippen LogP contribution in [0.25, 0.3) is 0 Å². The summed E-state index contributed by atoms with van der Waals surface area (Å²) in [5.41, 5.74) is 7.84. The number of allylic oxidation sites excluding steroid dienone is 1. The van der Waals surface area contributed by atoms with Gasteiger partial charge in [-0.05, 0) is 38.5 Å². The number of nitrogens with two attached hydrogens (primary N) is 1. The van der Waals surface area contributed by atoms with Crippen LogP contribution >= 0.6 is 0 Å². The van der Waals surface area contributed by atoms with Crippen LogP contribution in [0.3, 0.4) is 0 Å². The van der Waals surface area contributed by atoms with E-state index < -0.39 is 0 Å². The summed E-state index contributed by atoms with van der Waals surface area (Å²) < 4.78 is 0. The Hall–Kier alpha value is -1.77. The van der Waals surface area contributed by atoms with Crippen LogP contribution in [0.1, 0.15) is 30.6 Å². The summed E-state index contributed by atoms with van der Waals surface area (Å²) in [6.45, 7) is 4.38. The van der Waals surface area contributed by atoms with Crippen molar-refractivity contribution in [3.05, 3.63) is 35.9 Å². The zero-order chi connectivity index (χ0) is 12.0. The first-order chi connectivity index (χ1) is 7.65. The molecule has 86 valence electrons. The summed E-state index contributed by atoms with van der Waals surface area (Å²) in [5, 5.41) is 3.24. The Morgan fingerprint density at radius 2 is 2.25 bits per heavy atom. The Balaban J connectivity index is 2.63. The van der Waals surface area contributed by atoms with Crippen LogP contribution in [0.2, 0.25) is 0 Å². The number of benzene rings is 1. The van der Waals surface area contributed by atoms with Crippen molar-refractivity contribution in [1.82, 2.24) is 0 Å². The highest BCUT2D eigenvalue weighted by molar-refractivity contribution is 5.99. The fourth-order valence-corrected chi connectivity index (χ4v) is 1.46. The Morgan fingerprint density at radius 3 is 2.81 bits per heavy atom. The number of rotatable bonds is 5. The van der Waals surface area contributed by atoms with E-state index in [4.69, 9.17) is 5.73 Å². The van der Waals surface area contributed by atoms with Gasteiger partial charge in [0.05, 0.1) is 0 Å². The zero-order valence-corrected chi connectivity index (χ0v) is 9.79. The molecular weight excluding hydrogens is 200 g/mol. The molecule has 0 amide bonds. The van der Waals surface area contributed by atoms with Crippen LogP contribution in [-0.4, -0.2) is 12.3 Å². The first-order valence-electron chi connectivity index (χ1n) is 5.40. The van der Waals surface area contributed by atoms with Gasteiger partial charge in [0.1, 0.15) is 0 Å². The molecule has 0 aliphatic rings. The van der Waals surface area contributed by atoms with Crippen LogP contribution in [0.5, 0.6) is 0 Å². The SMILES string of the molecule is C/C=C/CCNc1ccc(C(C)=O)c(N)c1. The lowest BCUT2D eigenvalue weighted by molar-refractivity contribution is 0.101. The van der Waals surface area contributed by atoms with E-state index in [1.165, 1.54) is 6.92 Å². The number of anilines is 2. The topological polar surface area (TPSA) is 55.1 Å². The molecule has 1 rings (SSSR count). The maximum absolute atomic E-state index is 11.2. The molecule has 16 heavy (non-hydrogen) atoms. The summed E-state index contributed by atoms with van der Waals surface area (Å²) in [5.74, 6) is -0.00188. The van der Waals surface area contributed by atoms with Gasteiger partial charge >= 0.3 is 0 Å². The molecule has 0 radical (unpaired) electrons. The van der Waals surface area contributed by atoms with Crippen LogP contribution in [0.15, 0.2) is 30.4 Å². The first-order valence-corrected chi connectivity index (χ1v) is 5.40. The van der Waals surface area contributed by atoms with Crippen LogP contribution in [0.4, 0.5) is 11.4 Å². The lowest BCUT2D eigenvalue weighted by atomic mass is 10.1. The Bertz CT molecular complexity index is 397. The third kappa shape index (κ3) is 3.42. The predicted octanol–water partition coefficient (Wildman–Crippen LogP) is 2.85. The van der Waals surface area contributed by atoms with Gasteiger partial charge in [-0.15, -0.1) is 0 Å². The van der Waals surface area contributed by atoms with Crippen LogP contribution in [-0.2, 0) is 0 Å². The van der Waals surface area contributed by atoms with E-state index in [2.05, 4.69) is 11.4 Å². The second-order valence-corrected chi connectivity index (χ2v) is 3.64. The van der Waals surface area contributed by atoms with E-state index in [0.717, 1.165) is 18.7 Å². The number of carbonyl (C=O) groups excluding carboxylic acids is 1. The average molecular weight is 218 g/mol. The number of nitrogen functional groups attached to an aromatic ring is 1. The number of nitrogens with one attached hydrogen (secondary N) is 1. The minimum atomic E-state index is -0.00188. The van der Waals surface area contributed by atoms with E-state index in [0.29, 0.717) is 11.3 Å². The molecule has 0 fully saturated rings. The third-order valence-corrected chi connectivity index (χ3v) is 2.31. The maximum atomic E-state index is 11.2. The van der Waals surface area contributed by atoms with Gasteiger partial charge in [0.2, 0.25) is 0 Å². The molecule has 3 heteroatoms. The number of Topliss-reactive ketones (excluding diaryl/α,β-unsaturated/α-hetero) is 1. The quantitative estimate of drug-likeness (QED) is 0.346. The normalized spacial score (nSPS) is 10.6. The average Bonchev–Trinajstić information content (AvgIpc) is 2.24. The van der Waals surface area contributed by atoms with Crippen molar-refractivity contribution in [2.45, 2.75) is 20.3 Å². The maximum Gasteiger partial charge on any atom is 0.161 e. The molecule has 1 aromatic carbocycles. The molecule has 0 unspecified atom stereocenters. The molecule has 1 aromatic rings. The fourth-order valence-electron chi connectivity index (χ4n) is 1.46. The van der Waals surface area contributed by atoms with Crippen molar-refractivity contribution < 1.29 is 4.79 Å². The molecule has 0 bridgehead atoms. The fraction of sp³-hybridized carbons (Fsp3) is 0.308. The molecule has 0 aliphatic heterocycles. The van der Waals surface area contributed by atoms with Crippen LogP contribution in [0, 0.1) is 0 Å². The standard InChI is InChI=1S/C13H18N2O/c1-3-4-5-8-15-11-6-7-12(10(2)16)13(14)9-11/h3-4,6-7,9,15H,5,8,14H2,1-2H3/b4-3+. The van der Waals surface area contributed by atoms with Gasteiger partial charge in [0.25, 0.3) is 0 Å². The van der Waals surface area contributed by atoms with Crippen molar-refractivity contribution in [1.29, 1.82) is 0 Å². The van der Waals surface area contributed by atoms with Gasteiger partial charge < -0.3 is 11.1 Å². The molecular formula is C13H18N2O. The third-order valence-electron chi connectivity index (χ3n) is 2.31. The highest BCUT2D eigenvalue weighted by Gasteiger charge is 2.04. The molecule has 0 saturated heterocycles. The largest absolute Gasteiger partial charge is 0.398 e. The Labute approximate surface area is 96.3 Å². The summed E-state index contributed by atoms with van der Waals surface area (Å²) in [4.78, 5) is 11.2. The summed E-state index contributed by atoms with van der Waals surface area (Å²) in [7, 11) is 0. The van der Waals surface area contributed by atoms with Crippen molar-refractivity contribution >= 4 is 17.2 Å². The molecule has 3 nitrogen and oxygen atoms in total. The van der Waals surface area contributed by atoms with Gasteiger partial charge in [0.15, 0.2) is 5.78 Å². The summed E-state index contributed by atoms with van der Waals surface area (Å²) in [6, 6.07) is 5.44. The van der Waals surface area contributed by atoms with Crippen molar-refractivity contribution in [3.8, 4) is 0 Å². The number of carbonyl (C=O) groups is 1. The molecule has 0 spiro atoms. The lowest BCUT2D eigenvalue weighted by Crippen LogP contribution is -2.04. The van der Waals surface area contributed by atoms with Gasteiger partial charge in [-0.1, -0.05) is 12.2 Å². The van der Waals surface area contributed by atoms with E-state index in [1.807, 2.05) is 19.1 Å². The minimum Gasteiger partial charge on any atom is -0.398 e. The molecule has 0 aliphatic carbocycles.